The monoisotopic (exact) mass is 330 g/mol. The Morgan fingerprint density at radius 3 is 2.57 bits per heavy atom. The summed E-state index contributed by atoms with van der Waals surface area (Å²) in [6.07, 6.45) is 5.47. The highest BCUT2D eigenvalue weighted by molar-refractivity contribution is 7.89. The van der Waals surface area contributed by atoms with Gasteiger partial charge < -0.3 is 5.32 Å². The first-order valence-electron chi connectivity index (χ1n) is 7.69. The Labute approximate surface area is 132 Å². The Kier molecular flexibility index (Phi) is 5.82. The number of thiophene rings is 1. The van der Waals surface area contributed by atoms with Gasteiger partial charge in [0.05, 0.1) is 4.90 Å². The Hall–Kier alpha value is -0.430. The number of nitrogens with one attached hydrogen (secondary N) is 1. The van der Waals surface area contributed by atoms with Gasteiger partial charge in [-0.3, -0.25) is 0 Å². The predicted molar refractivity (Wildman–Crippen MR) is 88.1 cm³/mol. The maximum Gasteiger partial charge on any atom is 0.244 e. The van der Waals surface area contributed by atoms with E-state index in [2.05, 4.69) is 12.2 Å². The zero-order chi connectivity index (χ0) is 15.5. The van der Waals surface area contributed by atoms with Crippen molar-refractivity contribution in [1.29, 1.82) is 0 Å². The van der Waals surface area contributed by atoms with E-state index >= 15 is 0 Å². The molecule has 0 radical (unpaired) electrons. The smallest absolute Gasteiger partial charge is 0.244 e. The zero-order valence-electron chi connectivity index (χ0n) is 13.1. The first-order valence-corrected chi connectivity index (χ1v) is 10.0. The molecular weight excluding hydrogens is 304 g/mol. The van der Waals surface area contributed by atoms with E-state index in [-0.39, 0.29) is 6.04 Å². The van der Waals surface area contributed by atoms with Crippen LogP contribution in [0.15, 0.2) is 16.3 Å². The molecule has 0 aromatic carbocycles. The molecule has 1 fully saturated rings. The van der Waals surface area contributed by atoms with Crippen LogP contribution >= 0.6 is 11.3 Å². The molecule has 0 saturated heterocycles. The van der Waals surface area contributed by atoms with Gasteiger partial charge in [-0.15, -0.1) is 11.3 Å². The van der Waals surface area contributed by atoms with Crippen LogP contribution in [0.3, 0.4) is 0 Å². The quantitative estimate of drug-likeness (QED) is 0.872. The minimum atomic E-state index is -3.37. The highest BCUT2D eigenvalue weighted by Gasteiger charge is 2.32. The predicted octanol–water partition coefficient (Wildman–Crippen LogP) is 3.06. The maximum atomic E-state index is 12.8. The largest absolute Gasteiger partial charge is 0.315 e. The van der Waals surface area contributed by atoms with Crippen molar-refractivity contribution in [1.82, 2.24) is 9.62 Å². The van der Waals surface area contributed by atoms with Crippen LogP contribution in [0.5, 0.6) is 0 Å². The van der Waals surface area contributed by atoms with E-state index in [0.717, 1.165) is 36.5 Å². The van der Waals surface area contributed by atoms with E-state index in [9.17, 15) is 8.42 Å². The van der Waals surface area contributed by atoms with Gasteiger partial charge in [-0.25, -0.2) is 8.42 Å². The summed E-state index contributed by atoms with van der Waals surface area (Å²) in [6, 6.07) is 1.89. The molecule has 120 valence electrons. The van der Waals surface area contributed by atoms with Crippen molar-refractivity contribution in [2.75, 3.05) is 14.1 Å². The number of sulfonamides is 1. The lowest BCUT2D eigenvalue weighted by atomic mass is 9.85. The van der Waals surface area contributed by atoms with Crippen molar-refractivity contribution in [3.8, 4) is 0 Å². The highest BCUT2D eigenvalue weighted by atomic mass is 32.2. The lowest BCUT2D eigenvalue weighted by Gasteiger charge is -2.33. The zero-order valence-corrected chi connectivity index (χ0v) is 14.8. The summed E-state index contributed by atoms with van der Waals surface area (Å²) in [4.78, 5) is 1.37. The average molecular weight is 331 g/mol. The topological polar surface area (TPSA) is 49.4 Å². The van der Waals surface area contributed by atoms with Gasteiger partial charge in [0.15, 0.2) is 0 Å². The first kappa shape index (κ1) is 16.9. The fourth-order valence-corrected chi connectivity index (χ4v) is 5.96. The second kappa shape index (κ2) is 7.22. The van der Waals surface area contributed by atoms with Gasteiger partial charge in [-0.2, -0.15) is 4.31 Å². The molecule has 0 bridgehead atoms. The molecule has 21 heavy (non-hydrogen) atoms. The van der Waals surface area contributed by atoms with Gasteiger partial charge in [-0.1, -0.05) is 13.3 Å². The summed E-state index contributed by atoms with van der Waals surface area (Å²) in [6.45, 7) is 2.82. The molecule has 4 nitrogen and oxygen atoms in total. The van der Waals surface area contributed by atoms with E-state index in [4.69, 9.17) is 0 Å². The van der Waals surface area contributed by atoms with Gasteiger partial charge in [0.1, 0.15) is 0 Å². The Balaban J connectivity index is 2.13. The fourth-order valence-electron chi connectivity index (χ4n) is 3.12. The van der Waals surface area contributed by atoms with Crippen LogP contribution in [0.1, 0.15) is 43.9 Å². The molecule has 0 atom stereocenters. The number of hydrogen-bond acceptors (Lipinski definition) is 4. The molecule has 1 aromatic heterocycles. The molecule has 1 aliphatic rings. The lowest BCUT2D eigenvalue weighted by Crippen LogP contribution is -2.39. The third-order valence-electron chi connectivity index (χ3n) is 4.61. The summed E-state index contributed by atoms with van der Waals surface area (Å²) >= 11 is 1.50. The van der Waals surface area contributed by atoms with E-state index in [0.29, 0.717) is 11.4 Å². The van der Waals surface area contributed by atoms with Gasteiger partial charge in [0.25, 0.3) is 0 Å². The molecule has 2 rings (SSSR count). The van der Waals surface area contributed by atoms with Crippen LogP contribution in [-0.4, -0.2) is 32.9 Å². The molecule has 1 saturated carbocycles. The van der Waals surface area contributed by atoms with Crippen molar-refractivity contribution < 1.29 is 8.42 Å². The van der Waals surface area contributed by atoms with Gasteiger partial charge in [0, 0.05) is 24.5 Å². The number of nitrogens with zero attached hydrogens (tertiary/aromatic N) is 1. The molecule has 6 heteroatoms. The van der Waals surface area contributed by atoms with Crippen LogP contribution in [-0.2, 0) is 16.6 Å². The standard InChI is InChI=1S/C15H26N2O2S2/c1-4-12-5-7-13(8-6-12)17(3)21(18,19)15-9-10-20-14(15)11-16-2/h9-10,12-13,16H,4-8,11H2,1-3H3. The summed E-state index contributed by atoms with van der Waals surface area (Å²) in [7, 11) is 0.214. The molecule has 1 aromatic rings. The Morgan fingerprint density at radius 2 is 2.00 bits per heavy atom. The van der Waals surface area contributed by atoms with Crippen LogP contribution in [0, 0.1) is 5.92 Å². The van der Waals surface area contributed by atoms with Crippen LogP contribution in [0.25, 0.3) is 0 Å². The van der Waals surface area contributed by atoms with Crippen LogP contribution in [0.4, 0.5) is 0 Å². The SMILES string of the molecule is CCC1CCC(N(C)S(=O)(=O)c2ccsc2CNC)CC1. The van der Waals surface area contributed by atoms with Gasteiger partial charge in [-0.05, 0) is 50.1 Å². The van der Waals surface area contributed by atoms with E-state index in [1.54, 1.807) is 17.4 Å². The second-order valence-corrected chi connectivity index (χ2v) is 8.81. The van der Waals surface area contributed by atoms with E-state index in [1.807, 2.05) is 12.4 Å². The van der Waals surface area contributed by atoms with Crippen molar-refractivity contribution in [3.05, 3.63) is 16.3 Å². The molecule has 1 heterocycles. The molecular formula is C15H26N2O2S2. The van der Waals surface area contributed by atoms with Gasteiger partial charge in [0.2, 0.25) is 10.0 Å². The Morgan fingerprint density at radius 1 is 1.33 bits per heavy atom. The molecule has 0 unspecified atom stereocenters. The minimum absolute atomic E-state index is 0.153. The fraction of sp³-hybridized carbons (Fsp3) is 0.733. The van der Waals surface area contributed by atoms with Crippen molar-refractivity contribution in [2.24, 2.45) is 5.92 Å². The van der Waals surface area contributed by atoms with Crippen LogP contribution in [0.2, 0.25) is 0 Å². The Bertz CT molecular complexity index is 546. The lowest BCUT2D eigenvalue weighted by molar-refractivity contribution is 0.233. The molecule has 0 amide bonds. The van der Waals surface area contributed by atoms with E-state index < -0.39 is 10.0 Å². The summed E-state index contributed by atoms with van der Waals surface area (Å²) in [5, 5.41) is 4.90. The molecule has 1 aliphatic carbocycles. The third kappa shape index (κ3) is 3.67. The average Bonchev–Trinajstić information content (AvgIpc) is 2.96. The number of hydrogen-bond donors (Lipinski definition) is 1. The molecule has 0 spiro atoms. The second-order valence-electron chi connectivity index (χ2n) is 5.84. The molecule has 0 aliphatic heterocycles. The normalized spacial score (nSPS) is 23.6. The van der Waals surface area contributed by atoms with Crippen molar-refractivity contribution in [2.45, 2.75) is 56.5 Å². The van der Waals surface area contributed by atoms with Crippen molar-refractivity contribution >= 4 is 21.4 Å². The minimum Gasteiger partial charge on any atom is -0.315 e. The highest BCUT2D eigenvalue weighted by Crippen LogP contribution is 2.33. The third-order valence-corrected chi connectivity index (χ3v) is 7.65. The summed E-state index contributed by atoms with van der Waals surface area (Å²) in [5.41, 5.74) is 0. The number of rotatable bonds is 6. The molecule has 1 N–H and O–H groups in total. The summed E-state index contributed by atoms with van der Waals surface area (Å²) < 4.78 is 27.3. The van der Waals surface area contributed by atoms with Crippen molar-refractivity contribution in [3.63, 3.8) is 0 Å². The summed E-state index contributed by atoms with van der Waals surface area (Å²) in [5.74, 6) is 0.776. The van der Waals surface area contributed by atoms with Crippen LogP contribution < -0.4 is 5.32 Å². The van der Waals surface area contributed by atoms with E-state index in [1.165, 1.54) is 17.8 Å². The van der Waals surface area contributed by atoms with Gasteiger partial charge >= 0.3 is 0 Å². The maximum absolute atomic E-state index is 12.8. The first-order chi connectivity index (χ1) is 10.0.